The van der Waals surface area contributed by atoms with Crippen molar-refractivity contribution in [3.63, 3.8) is 0 Å². The smallest absolute Gasteiger partial charge is 0.188 e. The van der Waals surface area contributed by atoms with Gasteiger partial charge < -0.3 is 10.1 Å². The molecule has 0 fully saturated rings. The van der Waals surface area contributed by atoms with Gasteiger partial charge in [-0.2, -0.15) is 5.10 Å². The van der Waals surface area contributed by atoms with Crippen LogP contribution in [-0.4, -0.2) is 35.4 Å². The maximum atomic E-state index is 6.25. The van der Waals surface area contributed by atoms with E-state index in [1.54, 1.807) is 7.11 Å². The lowest BCUT2D eigenvalue weighted by molar-refractivity contribution is 0.199. The first-order chi connectivity index (χ1) is 9.31. The number of nitrogens with one attached hydrogen (secondary N) is 2. The molecule has 2 rings (SSSR count). The number of hydrogen-bond donors (Lipinski definition) is 2. The van der Waals surface area contributed by atoms with Crippen LogP contribution in [0.25, 0.3) is 0 Å². The van der Waals surface area contributed by atoms with Gasteiger partial charge in [0.1, 0.15) is 6.33 Å². The molecule has 0 unspecified atom stereocenters. The Balaban J connectivity index is 2.07. The second kappa shape index (κ2) is 7.49. The highest BCUT2D eigenvalue weighted by Gasteiger charge is 2.10. The maximum absolute atomic E-state index is 6.25. The molecule has 0 aliphatic heterocycles. The summed E-state index contributed by atoms with van der Waals surface area (Å²) in [6.07, 6.45) is 1.48. The number of aromatic nitrogens is 3. The monoisotopic (exact) mass is 298 g/mol. The van der Waals surface area contributed by atoms with Gasteiger partial charge in [-0.25, -0.2) is 4.98 Å². The van der Waals surface area contributed by atoms with Crippen molar-refractivity contribution in [2.75, 3.05) is 20.3 Å². The van der Waals surface area contributed by atoms with Crippen molar-refractivity contribution in [2.45, 2.75) is 16.6 Å². The molecular formula is C12H15ClN4OS. The van der Waals surface area contributed by atoms with Gasteiger partial charge in [0.25, 0.3) is 0 Å². The lowest BCUT2D eigenvalue weighted by atomic mass is 10.2. The number of ether oxygens (including phenoxy) is 1. The summed E-state index contributed by atoms with van der Waals surface area (Å²) >= 11 is 7.73. The van der Waals surface area contributed by atoms with E-state index in [0.29, 0.717) is 11.6 Å². The average molecular weight is 299 g/mol. The molecule has 19 heavy (non-hydrogen) atoms. The Morgan fingerprint density at radius 3 is 3.11 bits per heavy atom. The molecule has 7 heteroatoms. The fourth-order valence-electron chi connectivity index (χ4n) is 1.54. The topological polar surface area (TPSA) is 62.8 Å². The van der Waals surface area contributed by atoms with Gasteiger partial charge in [-0.3, -0.25) is 5.10 Å². The maximum Gasteiger partial charge on any atom is 0.188 e. The van der Waals surface area contributed by atoms with E-state index < -0.39 is 0 Å². The Hall–Kier alpha value is -1.08. The Labute approximate surface area is 121 Å². The molecule has 1 aromatic carbocycles. The largest absolute Gasteiger partial charge is 0.383 e. The van der Waals surface area contributed by atoms with Crippen LogP contribution in [0.5, 0.6) is 0 Å². The zero-order chi connectivity index (χ0) is 13.5. The van der Waals surface area contributed by atoms with Crippen molar-refractivity contribution < 1.29 is 4.74 Å². The Morgan fingerprint density at radius 2 is 2.37 bits per heavy atom. The predicted molar refractivity (Wildman–Crippen MR) is 75.5 cm³/mol. The van der Waals surface area contributed by atoms with Crippen LogP contribution < -0.4 is 5.32 Å². The molecule has 2 N–H and O–H groups in total. The van der Waals surface area contributed by atoms with Crippen LogP contribution >= 0.6 is 23.4 Å². The van der Waals surface area contributed by atoms with Crippen LogP contribution in [0.4, 0.5) is 0 Å². The first-order valence-electron chi connectivity index (χ1n) is 5.81. The highest BCUT2D eigenvalue weighted by molar-refractivity contribution is 7.99. The summed E-state index contributed by atoms with van der Waals surface area (Å²) in [5.74, 6) is 0. The minimum atomic E-state index is 0.686. The SMILES string of the molecule is COCCNCc1cccc(Cl)c1Sc1ncn[nH]1. The predicted octanol–water partition coefficient (Wildman–Crippen LogP) is 2.35. The lowest BCUT2D eigenvalue weighted by Crippen LogP contribution is -2.18. The highest BCUT2D eigenvalue weighted by atomic mass is 35.5. The van der Waals surface area contributed by atoms with Crippen molar-refractivity contribution in [3.05, 3.63) is 35.1 Å². The first-order valence-corrected chi connectivity index (χ1v) is 7.01. The molecule has 2 aromatic rings. The van der Waals surface area contributed by atoms with Gasteiger partial charge in [-0.1, -0.05) is 23.7 Å². The molecule has 0 atom stereocenters. The zero-order valence-electron chi connectivity index (χ0n) is 10.5. The summed E-state index contributed by atoms with van der Waals surface area (Å²) in [4.78, 5) is 5.09. The standard InChI is InChI=1S/C12H15ClN4OS/c1-18-6-5-14-7-9-3-2-4-10(13)11(9)19-12-15-8-16-17-12/h2-4,8,14H,5-7H2,1H3,(H,15,16,17). The van der Waals surface area contributed by atoms with Crippen LogP contribution in [-0.2, 0) is 11.3 Å². The number of halogens is 1. The molecule has 1 heterocycles. The number of nitrogens with zero attached hydrogens (tertiary/aromatic N) is 2. The van der Waals surface area contributed by atoms with Crippen molar-refractivity contribution >= 4 is 23.4 Å². The molecule has 102 valence electrons. The first kappa shape index (κ1) is 14.3. The third-order valence-corrected chi connectivity index (χ3v) is 3.94. The summed E-state index contributed by atoms with van der Waals surface area (Å²) in [7, 11) is 1.69. The average Bonchev–Trinajstić information content (AvgIpc) is 2.91. The highest BCUT2D eigenvalue weighted by Crippen LogP contribution is 2.34. The molecule has 0 aliphatic rings. The molecule has 0 aliphatic carbocycles. The summed E-state index contributed by atoms with van der Waals surface area (Å²) in [5.41, 5.74) is 1.13. The number of methoxy groups -OCH3 is 1. The number of hydrogen-bond acceptors (Lipinski definition) is 5. The molecule has 0 amide bonds. The molecule has 5 nitrogen and oxygen atoms in total. The molecule has 0 radical (unpaired) electrons. The third kappa shape index (κ3) is 4.21. The number of benzene rings is 1. The van der Waals surface area contributed by atoms with Gasteiger partial charge in [0.15, 0.2) is 5.16 Å². The van der Waals surface area contributed by atoms with Crippen molar-refractivity contribution in [1.82, 2.24) is 20.5 Å². The van der Waals surface area contributed by atoms with E-state index in [9.17, 15) is 0 Å². The van der Waals surface area contributed by atoms with E-state index in [1.165, 1.54) is 18.1 Å². The van der Waals surface area contributed by atoms with E-state index in [-0.39, 0.29) is 0 Å². The Bertz CT molecular complexity index is 506. The fourth-order valence-corrected chi connectivity index (χ4v) is 2.68. The second-order valence-electron chi connectivity index (χ2n) is 3.79. The second-order valence-corrected chi connectivity index (χ2v) is 5.20. The fraction of sp³-hybridized carbons (Fsp3) is 0.333. The zero-order valence-corrected chi connectivity index (χ0v) is 12.1. The van der Waals surface area contributed by atoms with Crippen molar-refractivity contribution in [1.29, 1.82) is 0 Å². The summed E-state index contributed by atoms with van der Waals surface area (Å²) in [5, 5.41) is 11.4. The molecule has 0 saturated heterocycles. The van der Waals surface area contributed by atoms with E-state index in [1.807, 2.05) is 18.2 Å². The van der Waals surface area contributed by atoms with E-state index >= 15 is 0 Å². The summed E-state index contributed by atoms with van der Waals surface area (Å²) in [6.45, 7) is 2.22. The molecule has 0 bridgehead atoms. The molecular weight excluding hydrogens is 284 g/mol. The minimum absolute atomic E-state index is 0.686. The normalized spacial score (nSPS) is 10.8. The molecule has 0 spiro atoms. The summed E-state index contributed by atoms with van der Waals surface area (Å²) in [6, 6.07) is 5.86. The third-order valence-electron chi connectivity index (χ3n) is 2.44. The van der Waals surface area contributed by atoms with Gasteiger partial charge in [-0.15, -0.1) is 0 Å². The van der Waals surface area contributed by atoms with Gasteiger partial charge in [0.2, 0.25) is 0 Å². The van der Waals surface area contributed by atoms with Crippen molar-refractivity contribution in [3.8, 4) is 0 Å². The van der Waals surface area contributed by atoms with Gasteiger partial charge in [0.05, 0.1) is 11.6 Å². The van der Waals surface area contributed by atoms with E-state index in [4.69, 9.17) is 16.3 Å². The number of rotatable bonds is 7. The lowest BCUT2D eigenvalue weighted by Gasteiger charge is -2.10. The van der Waals surface area contributed by atoms with Crippen LogP contribution in [0, 0.1) is 0 Å². The van der Waals surface area contributed by atoms with Crippen molar-refractivity contribution in [2.24, 2.45) is 0 Å². The quantitative estimate of drug-likeness (QED) is 0.768. The molecule has 0 saturated carbocycles. The Morgan fingerprint density at radius 1 is 1.47 bits per heavy atom. The van der Waals surface area contributed by atoms with E-state index in [0.717, 1.165) is 28.7 Å². The molecule has 1 aromatic heterocycles. The number of H-pyrrole nitrogens is 1. The number of aromatic amines is 1. The Kier molecular flexibility index (Phi) is 5.65. The van der Waals surface area contributed by atoms with Gasteiger partial charge in [-0.05, 0) is 23.4 Å². The van der Waals surface area contributed by atoms with Gasteiger partial charge in [0, 0.05) is 25.1 Å². The van der Waals surface area contributed by atoms with Crippen LogP contribution in [0.3, 0.4) is 0 Å². The van der Waals surface area contributed by atoms with Crippen LogP contribution in [0.2, 0.25) is 5.02 Å². The van der Waals surface area contributed by atoms with Gasteiger partial charge >= 0.3 is 0 Å². The van der Waals surface area contributed by atoms with Crippen LogP contribution in [0.15, 0.2) is 34.6 Å². The minimum Gasteiger partial charge on any atom is -0.383 e. The van der Waals surface area contributed by atoms with Crippen LogP contribution in [0.1, 0.15) is 5.56 Å². The van der Waals surface area contributed by atoms with E-state index in [2.05, 4.69) is 20.5 Å². The summed E-state index contributed by atoms with van der Waals surface area (Å²) < 4.78 is 5.00.